The smallest absolute Gasteiger partial charge is 0.224 e. The lowest BCUT2D eigenvalue weighted by Crippen LogP contribution is -2.13. The summed E-state index contributed by atoms with van der Waals surface area (Å²) >= 11 is 0. The number of phenolic OH excluding ortho intramolecular Hbond substituents is 1. The lowest BCUT2D eigenvalue weighted by Gasteiger charge is -2.05. The third-order valence-electron chi connectivity index (χ3n) is 1.84. The van der Waals surface area contributed by atoms with E-state index in [-0.39, 0.29) is 5.91 Å². The Morgan fingerprint density at radius 1 is 1.53 bits per heavy atom. The maximum Gasteiger partial charge on any atom is 0.224 e. The molecule has 4 N–H and O–H groups in total. The second-order valence-electron chi connectivity index (χ2n) is 3.11. The summed E-state index contributed by atoms with van der Waals surface area (Å²) in [5.74, 6) is -1.41. The first-order valence-corrected chi connectivity index (χ1v) is 4.62. The van der Waals surface area contributed by atoms with Gasteiger partial charge in [0.25, 0.3) is 0 Å². The van der Waals surface area contributed by atoms with Crippen molar-refractivity contribution in [3.8, 4) is 5.75 Å². The van der Waals surface area contributed by atoms with Crippen LogP contribution in [0.1, 0.15) is 12.8 Å². The molecule has 0 atom stereocenters. The van der Waals surface area contributed by atoms with Gasteiger partial charge < -0.3 is 16.2 Å². The van der Waals surface area contributed by atoms with E-state index >= 15 is 0 Å². The standard InChI is InChI=1S/C10H13FN2O2/c11-8-6-7(3-4-9(8)14)13-10(15)2-1-5-12/h3-4,6,14H,1-2,5,12H2,(H,13,15). The molecule has 0 saturated carbocycles. The molecule has 0 aromatic heterocycles. The lowest BCUT2D eigenvalue weighted by atomic mass is 10.2. The van der Waals surface area contributed by atoms with Gasteiger partial charge in [-0.1, -0.05) is 0 Å². The van der Waals surface area contributed by atoms with Gasteiger partial charge in [-0.3, -0.25) is 4.79 Å². The number of aromatic hydroxyl groups is 1. The highest BCUT2D eigenvalue weighted by molar-refractivity contribution is 5.90. The predicted molar refractivity (Wildman–Crippen MR) is 55.0 cm³/mol. The van der Waals surface area contributed by atoms with Crippen molar-refractivity contribution < 1.29 is 14.3 Å². The van der Waals surface area contributed by atoms with Crippen molar-refractivity contribution >= 4 is 11.6 Å². The molecule has 5 heteroatoms. The molecule has 0 radical (unpaired) electrons. The fourth-order valence-electron chi connectivity index (χ4n) is 1.07. The molecular weight excluding hydrogens is 199 g/mol. The second-order valence-corrected chi connectivity index (χ2v) is 3.11. The van der Waals surface area contributed by atoms with Gasteiger partial charge in [0.1, 0.15) is 0 Å². The normalized spacial score (nSPS) is 10.0. The van der Waals surface area contributed by atoms with E-state index in [1.807, 2.05) is 0 Å². The van der Waals surface area contributed by atoms with Gasteiger partial charge in [-0.2, -0.15) is 0 Å². The fourth-order valence-corrected chi connectivity index (χ4v) is 1.07. The van der Waals surface area contributed by atoms with Crippen LogP contribution < -0.4 is 11.1 Å². The molecule has 0 aliphatic rings. The number of phenols is 1. The zero-order valence-corrected chi connectivity index (χ0v) is 8.16. The van der Waals surface area contributed by atoms with E-state index in [1.54, 1.807) is 0 Å². The van der Waals surface area contributed by atoms with Gasteiger partial charge >= 0.3 is 0 Å². The summed E-state index contributed by atoms with van der Waals surface area (Å²) in [5, 5.41) is 11.4. The largest absolute Gasteiger partial charge is 0.505 e. The highest BCUT2D eigenvalue weighted by Crippen LogP contribution is 2.19. The predicted octanol–water partition coefficient (Wildman–Crippen LogP) is 1.21. The molecule has 15 heavy (non-hydrogen) atoms. The molecule has 0 unspecified atom stereocenters. The van der Waals surface area contributed by atoms with Gasteiger partial charge in [-0.05, 0) is 25.1 Å². The van der Waals surface area contributed by atoms with E-state index in [4.69, 9.17) is 10.8 Å². The van der Waals surface area contributed by atoms with Crippen molar-refractivity contribution in [3.05, 3.63) is 24.0 Å². The topological polar surface area (TPSA) is 75.4 Å². The van der Waals surface area contributed by atoms with Crippen molar-refractivity contribution in [2.45, 2.75) is 12.8 Å². The van der Waals surface area contributed by atoms with Gasteiger partial charge in [0, 0.05) is 18.2 Å². The molecule has 0 bridgehead atoms. The van der Waals surface area contributed by atoms with Gasteiger partial charge in [0.05, 0.1) is 0 Å². The summed E-state index contributed by atoms with van der Waals surface area (Å²) in [7, 11) is 0. The monoisotopic (exact) mass is 212 g/mol. The Hall–Kier alpha value is -1.62. The van der Waals surface area contributed by atoms with Crippen LogP contribution in [-0.4, -0.2) is 17.6 Å². The molecule has 1 amide bonds. The molecule has 0 fully saturated rings. The third-order valence-corrected chi connectivity index (χ3v) is 1.84. The molecule has 0 spiro atoms. The number of hydrogen-bond donors (Lipinski definition) is 3. The number of benzene rings is 1. The number of rotatable bonds is 4. The van der Waals surface area contributed by atoms with Gasteiger partial charge in [-0.15, -0.1) is 0 Å². The molecular formula is C10H13FN2O2. The fraction of sp³-hybridized carbons (Fsp3) is 0.300. The van der Waals surface area contributed by atoms with Crippen LogP contribution in [0.15, 0.2) is 18.2 Å². The molecule has 1 aromatic carbocycles. The van der Waals surface area contributed by atoms with Gasteiger partial charge in [-0.25, -0.2) is 4.39 Å². The number of carbonyl (C=O) groups is 1. The van der Waals surface area contributed by atoms with Crippen LogP contribution >= 0.6 is 0 Å². The summed E-state index contributed by atoms with van der Waals surface area (Å²) in [6.07, 6.45) is 0.894. The van der Waals surface area contributed by atoms with Crippen LogP contribution in [0.4, 0.5) is 10.1 Å². The molecule has 0 saturated heterocycles. The summed E-state index contributed by atoms with van der Waals surface area (Å²) in [4.78, 5) is 11.2. The maximum atomic E-state index is 12.9. The number of halogens is 1. The van der Waals surface area contributed by atoms with Gasteiger partial charge in [0.15, 0.2) is 11.6 Å². The number of nitrogens with one attached hydrogen (secondary N) is 1. The molecule has 82 valence electrons. The van der Waals surface area contributed by atoms with Crippen LogP contribution in [-0.2, 0) is 4.79 Å². The van der Waals surface area contributed by atoms with Crippen molar-refractivity contribution in [2.24, 2.45) is 5.73 Å². The third kappa shape index (κ3) is 3.55. The number of nitrogens with two attached hydrogens (primary N) is 1. The Bertz CT molecular complexity index is 355. The van der Waals surface area contributed by atoms with Crippen LogP contribution in [0.25, 0.3) is 0 Å². The molecule has 1 aromatic rings. The maximum absolute atomic E-state index is 12.9. The number of amides is 1. The first kappa shape index (κ1) is 11.5. The second kappa shape index (κ2) is 5.31. The van der Waals surface area contributed by atoms with Crippen LogP contribution in [0.5, 0.6) is 5.75 Å². The summed E-state index contributed by atoms with van der Waals surface area (Å²) in [5.41, 5.74) is 5.57. The van der Waals surface area contributed by atoms with E-state index in [0.29, 0.717) is 25.1 Å². The van der Waals surface area contributed by atoms with Crippen molar-refractivity contribution in [1.29, 1.82) is 0 Å². The van der Waals surface area contributed by atoms with E-state index in [9.17, 15) is 9.18 Å². The summed E-state index contributed by atoms with van der Waals surface area (Å²) in [6.45, 7) is 0.442. The summed E-state index contributed by atoms with van der Waals surface area (Å²) < 4.78 is 12.9. The number of hydrogen-bond acceptors (Lipinski definition) is 3. The Morgan fingerprint density at radius 2 is 2.27 bits per heavy atom. The van der Waals surface area contributed by atoms with E-state index in [0.717, 1.165) is 6.07 Å². The van der Waals surface area contributed by atoms with Crippen molar-refractivity contribution in [3.63, 3.8) is 0 Å². The highest BCUT2D eigenvalue weighted by Gasteiger charge is 2.04. The molecule has 4 nitrogen and oxygen atoms in total. The molecule has 1 rings (SSSR count). The molecule has 0 aliphatic heterocycles. The lowest BCUT2D eigenvalue weighted by molar-refractivity contribution is -0.116. The first-order valence-electron chi connectivity index (χ1n) is 4.62. The number of carbonyl (C=O) groups excluding carboxylic acids is 1. The zero-order valence-electron chi connectivity index (χ0n) is 8.16. The average Bonchev–Trinajstić information content (AvgIpc) is 2.20. The van der Waals surface area contributed by atoms with Crippen LogP contribution in [0.2, 0.25) is 0 Å². The van der Waals surface area contributed by atoms with Crippen LogP contribution in [0, 0.1) is 5.82 Å². The van der Waals surface area contributed by atoms with E-state index in [1.165, 1.54) is 12.1 Å². The highest BCUT2D eigenvalue weighted by atomic mass is 19.1. The van der Waals surface area contributed by atoms with Crippen molar-refractivity contribution in [2.75, 3.05) is 11.9 Å². The Morgan fingerprint density at radius 3 is 2.87 bits per heavy atom. The quantitative estimate of drug-likeness (QED) is 0.656. The molecule has 0 heterocycles. The average molecular weight is 212 g/mol. The Labute approximate surface area is 86.9 Å². The first-order chi connectivity index (χ1) is 7.13. The van der Waals surface area contributed by atoms with Crippen molar-refractivity contribution in [1.82, 2.24) is 0 Å². The van der Waals surface area contributed by atoms with E-state index in [2.05, 4.69) is 5.32 Å². The summed E-state index contributed by atoms with van der Waals surface area (Å²) in [6, 6.07) is 3.68. The molecule has 0 aliphatic carbocycles. The van der Waals surface area contributed by atoms with Gasteiger partial charge in [0.2, 0.25) is 5.91 Å². The minimum absolute atomic E-state index is 0.217. The Balaban J connectivity index is 2.57. The zero-order chi connectivity index (χ0) is 11.3. The van der Waals surface area contributed by atoms with Crippen LogP contribution in [0.3, 0.4) is 0 Å². The van der Waals surface area contributed by atoms with E-state index < -0.39 is 11.6 Å². The Kier molecular flexibility index (Phi) is 4.05. The minimum atomic E-state index is -0.758. The SMILES string of the molecule is NCCCC(=O)Nc1ccc(O)c(F)c1. The number of anilines is 1. The minimum Gasteiger partial charge on any atom is -0.505 e.